The largest absolute Gasteiger partial charge is 0.423 e. The summed E-state index contributed by atoms with van der Waals surface area (Å²) in [6.45, 7) is 2.96. The van der Waals surface area contributed by atoms with Gasteiger partial charge in [-0.2, -0.15) is 4.98 Å². The Balaban J connectivity index is 1.78. The van der Waals surface area contributed by atoms with Crippen molar-refractivity contribution in [1.82, 2.24) is 10.3 Å². The molecule has 2 heterocycles. The van der Waals surface area contributed by atoms with Crippen molar-refractivity contribution in [2.75, 3.05) is 31.6 Å². The number of nitrogens with zero attached hydrogens (tertiary/aromatic N) is 3. The molecule has 1 N–H and O–H groups in total. The van der Waals surface area contributed by atoms with Crippen molar-refractivity contribution in [2.45, 2.75) is 12.8 Å². The highest BCUT2D eigenvalue weighted by atomic mass is 16.6. The number of aromatic nitrogens is 1. The third-order valence-electron chi connectivity index (χ3n) is 3.83. The summed E-state index contributed by atoms with van der Waals surface area (Å²) in [4.78, 5) is 16.7. The Morgan fingerprint density at radius 1 is 1.57 bits per heavy atom. The summed E-state index contributed by atoms with van der Waals surface area (Å²) in [7, 11) is 1.94. The summed E-state index contributed by atoms with van der Waals surface area (Å²) < 4.78 is 5.65. The highest BCUT2D eigenvalue weighted by molar-refractivity contribution is 5.77. The van der Waals surface area contributed by atoms with Gasteiger partial charge in [0.15, 0.2) is 5.58 Å². The van der Waals surface area contributed by atoms with Gasteiger partial charge < -0.3 is 14.6 Å². The molecule has 21 heavy (non-hydrogen) atoms. The Morgan fingerprint density at radius 3 is 3.14 bits per heavy atom. The molecule has 3 rings (SSSR count). The van der Waals surface area contributed by atoms with Gasteiger partial charge >= 0.3 is 0 Å². The quantitative estimate of drug-likeness (QED) is 0.686. The Labute approximate surface area is 122 Å². The van der Waals surface area contributed by atoms with E-state index in [2.05, 4.69) is 10.3 Å². The fourth-order valence-corrected chi connectivity index (χ4v) is 2.72. The van der Waals surface area contributed by atoms with E-state index < -0.39 is 4.92 Å². The standard InChI is InChI=1S/C14H18N4O3/c1-17(9-10-3-2-6-15-8-10)14-16-12-5-4-11(18(19)20)7-13(12)21-14/h4-5,7,10,15H,2-3,6,8-9H2,1H3. The second-order valence-corrected chi connectivity index (χ2v) is 5.50. The minimum atomic E-state index is -0.432. The minimum Gasteiger partial charge on any atom is -0.423 e. The number of rotatable bonds is 4. The van der Waals surface area contributed by atoms with Crippen LogP contribution < -0.4 is 10.2 Å². The summed E-state index contributed by atoms with van der Waals surface area (Å²) in [5, 5.41) is 14.2. The molecule has 1 unspecified atom stereocenters. The number of piperidine rings is 1. The number of nitrogens with one attached hydrogen (secondary N) is 1. The highest BCUT2D eigenvalue weighted by Crippen LogP contribution is 2.26. The lowest BCUT2D eigenvalue weighted by Crippen LogP contribution is -2.36. The van der Waals surface area contributed by atoms with Gasteiger partial charge in [-0.3, -0.25) is 10.1 Å². The summed E-state index contributed by atoms with van der Waals surface area (Å²) in [6.07, 6.45) is 2.39. The molecule has 1 aromatic heterocycles. The Kier molecular flexibility index (Phi) is 3.74. The van der Waals surface area contributed by atoms with Crippen molar-refractivity contribution in [1.29, 1.82) is 0 Å². The Hall–Kier alpha value is -2.15. The molecular formula is C14H18N4O3. The second kappa shape index (κ2) is 5.69. The van der Waals surface area contributed by atoms with E-state index in [-0.39, 0.29) is 5.69 Å². The van der Waals surface area contributed by atoms with Gasteiger partial charge in [0, 0.05) is 19.7 Å². The lowest BCUT2D eigenvalue weighted by molar-refractivity contribution is -0.384. The van der Waals surface area contributed by atoms with Gasteiger partial charge in [0.2, 0.25) is 0 Å². The summed E-state index contributed by atoms with van der Waals surface area (Å²) in [5.74, 6) is 0.577. The number of non-ortho nitro benzene ring substituents is 1. The SMILES string of the molecule is CN(CC1CCCNC1)c1nc2ccc([N+](=O)[O-])cc2o1. The monoisotopic (exact) mass is 290 g/mol. The molecule has 112 valence electrons. The number of hydrogen-bond acceptors (Lipinski definition) is 6. The number of anilines is 1. The Morgan fingerprint density at radius 2 is 2.43 bits per heavy atom. The van der Waals surface area contributed by atoms with Crippen LogP contribution in [-0.4, -0.2) is 36.6 Å². The molecule has 0 bridgehead atoms. The van der Waals surface area contributed by atoms with Crippen LogP contribution in [0.25, 0.3) is 11.1 Å². The van der Waals surface area contributed by atoms with Crippen molar-refractivity contribution in [3.63, 3.8) is 0 Å². The Bertz CT molecular complexity index is 649. The van der Waals surface area contributed by atoms with Crippen molar-refractivity contribution >= 4 is 22.8 Å². The van der Waals surface area contributed by atoms with Gasteiger partial charge in [0.1, 0.15) is 5.52 Å². The van der Waals surface area contributed by atoms with Crippen LogP contribution in [0.3, 0.4) is 0 Å². The van der Waals surface area contributed by atoms with E-state index in [1.54, 1.807) is 6.07 Å². The number of nitro benzene ring substituents is 1. The van der Waals surface area contributed by atoms with Gasteiger partial charge in [-0.1, -0.05) is 0 Å². The molecule has 1 fully saturated rings. The maximum atomic E-state index is 10.8. The van der Waals surface area contributed by atoms with Gasteiger partial charge in [-0.05, 0) is 37.9 Å². The van der Waals surface area contributed by atoms with Gasteiger partial charge in [-0.25, -0.2) is 0 Å². The third-order valence-corrected chi connectivity index (χ3v) is 3.83. The van der Waals surface area contributed by atoms with Crippen LogP contribution in [0.5, 0.6) is 0 Å². The number of nitro groups is 1. The zero-order valence-electron chi connectivity index (χ0n) is 11.9. The first-order valence-corrected chi connectivity index (χ1v) is 7.10. The van der Waals surface area contributed by atoms with Gasteiger partial charge in [0.05, 0.1) is 11.0 Å². The average molecular weight is 290 g/mol. The number of fused-ring (bicyclic) bond motifs is 1. The van der Waals surface area contributed by atoms with E-state index in [4.69, 9.17) is 4.42 Å². The van der Waals surface area contributed by atoms with Gasteiger partial charge in [0.25, 0.3) is 11.7 Å². The molecule has 1 aliphatic heterocycles. The molecule has 7 nitrogen and oxygen atoms in total. The smallest absolute Gasteiger partial charge is 0.298 e. The molecule has 1 aliphatic rings. The zero-order chi connectivity index (χ0) is 14.8. The predicted molar refractivity (Wildman–Crippen MR) is 79.5 cm³/mol. The zero-order valence-corrected chi connectivity index (χ0v) is 11.9. The maximum absolute atomic E-state index is 10.8. The normalized spacial score (nSPS) is 18.8. The van der Waals surface area contributed by atoms with E-state index in [0.29, 0.717) is 23.0 Å². The lowest BCUT2D eigenvalue weighted by Gasteiger charge is -2.26. The minimum absolute atomic E-state index is 0.0179. The summed E-state index contributed by atoms with van der Waals surface area (Å²) >= 11 is 0. The lowest BCUT2D eigenvalue weighted by atomic mass is 9.99. The van der Waals surface area contributed by atoms with E-state index in [1.165, 1.54) is 25.0 Å². The van der Waals surface area contributed by atoms with Crippen LogP contribution in [0.4, 0.5) is 11.7 Å². The molecule has 1 aromatic carbocycles. The topological polar surface area (TPSA) is 84.4 Å². The highest BCUT2D eigenvalue weighted by Gasteiger charge is 2.19. The van der Waals surface area contributed by atoms with E-state index in [0.717, 1.165) is 19.6 Å². The van der Waals surface area contributed by atoms with Crippen molar-refractivity contribution in [3.8, 4) is 0 Å². The van der Waals surface area contributed by atoms with Crippen LogP contribution in [-0.2, 0) is 0 Å². The van der Waals surface area contributed by atoms with Gasteiger partial charge in [-0.15, -0.1) is 0 Å². The molecule has 0 spiro atoms. The predicted octanol–water partition coefficient (Wildman–Crippen LogP) is 2.17. The van der Waals surface area contributed by atoms with Crippen LogP contribution in [0, 0.1) is 16.0 Å². The van der Waals surface area contributed by atoms with Crippen molar-refractivity contribution in [3.05, 3.63) is 28.3 Å². The van der Waals surface area contributed by atoms with Crippen molar-refractivity contribution in [2.24, 2.45) is 5.92 Å². The molecule has 2 aromatic rings. The van der Waals surface area contributed by atoms with Crippen LogP contribution >= 0.6 is 0 Å². The number of benzene rings is 1. The molecule has 1 atom stereocenters. The van der Waals surface area contributed by atoms with E-state index in [1.807, 2.05) is 11.9 Å². The summed E-state index contributed by atoms with van der Waals surface area (Å²) in [6, 6.07) is 4.99. The maximum Gasteiger partial charge on any atom is 0.298 e. The van der Waals surface area contributed by atoms with E-state index >= 15 is 0 Å². The van der Waals surface area contributed by atoms with Crippen molar-refractivity contribution < 1.29 is 9.34 Å². The number of hydrogen-bond donors (Lipinski definition) is 1. The molecule has 0 amide bonds. The molecule has 7 heteroatoms. The molecule has 0 radical (unpaired) electrons. The third kappa shape index (κ3) is 2.97. The molecule has 0 saturated carbocycles. The molecule has 0 aliphatic carbocycles. The first-order valence-electron chi connectivity index (χ1n) is 7.10. The number of oxazole rings is 1. The first kappa shape index (κ1) is 13.8. The van der Waals surface area contributed by atoms with Crippen LogP contribution in [0.1, 0.15) is 12.8 Å². The van der Waals surface area contributed by atoms with Crippen LogP contribution in [0.15, 0.2) is 22.6 Å². The van der Waals surface area contributed by atoms with E-state index in [9.17, 15) is 10.1 Å². The fourth-order valence-electron chi connectivity index (χ4n) is 2.72. The first-order chi connectivity index (χ1) is 10.1. The summed E-state index contributed by atoms with van der Waals surface area (Å²) in [5.41, 5.74) is 1.11. The fraction of sp³-hybridized carbons (Fsp3) is 0.500. The second-order valence-electron chi connectivity index (χ2n) is 5.50. The van der Waals surface area contributed by atoms with Crippen LogP contribution in [0.2, 0.25) is 0 Å². The molecular weight excluding hydrogens is 272 g/mol. The average Bonchev–Trinajstić information content (AvgIpc) is 2.91. The molecule has 1 saturated heterocycles.